The van der Waals surface area contributed by atoms with Crippen molar-refractivity contribution < 1.29 is 18.8 Å². The van der Waals surface area contributed by atoms with E-state index >= 15 is 0 Å². The van der Waals surface area contributed by atoms with Gasteiger partial charge in [-0.05, 0) is 57.9 Å². The summed E-state index contributed by atoms with van der Waals surface area (Å²) in [6, 6.07) is 5.41. The van der Waals surface area contributed by atoms with Crippen LogP contribution in [0, 0.1) is 20.8 Å². The fraction of sp³-hybridized carbons (Fsp3) is 0.391. The summed E-state index contributed by atoms with van der Waals surface area (Å²) >= 11 is 0. The maximum absolute atomic E-state index is 13.3. The number of anilines is 1. The molecule has 4 rings (SSSR count). The number of rotatable bonds is 6. The topological polar surface area (TPSA) is 93.7 Å². The highest BCUT2D eigenvalue weighted by atomic mass is 16.5. The fourth-order valence-electron chi connectivity index (χ4n) is 3.99. The van der Waals surface area contributed by atoms with Crippen LogP contribution in [0.15, 0.2) is 35.1 Å². The molecule has 9 heteroatoms. The molecule has 0 saturated carbocycles. The molecule has 168 valence electrons. The SMILES string of the molecule is COc1cc(C)cc(CN2C(=O)N(c3cnn(Cc4c(C)noc4C)c3)C(=O)C2(C)C)c1. The number of amides is 3. The number of carbonyl (C=O) groups excluding carboxylic acids is 2. The number of aromatic nitrogens is 3. The summed E-state index contributed by atoms with van der Waals surface area (Å²) in [5, 5.41) is 8.30. The van der Waals surface area contributed by atoms with Crippen LogP contribution < -0.4 is 9.64 Å². The van der Waals surface area contributed by atoms with Crippen molar-refractivity contribution in [3.8, 4) is 5.75 Å². The summed E-state index contributed by atoms with van der Waals surface area (Å²) in [5.74, 6) is 1.14. The Morgan fingerprint density at radius 2 is 1.84 bits per heavy atom. The summed E-state index contributed by atoms with van der Waals surface area (Å²) in [7, 11) is 1.61. The molecule has 1 fully saturated rings. The van der Waals surface area contributed by atoms with Crippen LogP contribution in [0.25, 0.3) is 0 Å². The third kappa shape index (κ3) is 3.63. The predicted octanol–water partition coefficient (Wildman–Crippen LogP) is 3.60. The van der Waals surface area contributed by atoms with E-state index in [1.54, 1.807) is 36.7 Å². The number of ether oxygens (including phenoxy) is 1. The molecule has 1 aromatic carbocycles. The molecular formula is C23H27N5O4. The number of hydrogen-bond acceptors (Lipinski definition) is 6. The average molecular weight is 438 g/mol. The van der Waals surface area contributed by atoms with E-state index in [0.29, 0.717) is 30.3 Å². The molecule has 3 heterocycles. The van der Waals surface area contributed by atoms with Crippen LogP contribution in [0.4, 0.5) is 10.5 Å². The first kappa shape index (κ1) is 21.6. The number of benzene rings is 1. The molecule has 0 N–H and O–H groups in total. The number of imide groups is 1. The Balaban J connectivity index is 1.60. The lowest BCUT2D eigenvalue weighted by Gasteiger charge is -2.28. The highest BCUT2D eigenvalue weighted by molar-refractivity contribution is 6.22. The third-order valence-corrected chi connectivity index (χ3v) is 5.89. The summed E-state index contributed by atoms with van der Waals surface area (Å²) in [4.78, 5) is 29.4. The van der Waals surface area contributed by atoms with Gasteiger partial charge < -0.3 is 14.2 Å². The summed E-state index contributed by atoms with van der Waals surface area (Å²) in [5.41, 5.74) is 3.06. The van der Waals surface area contributed by atoms with Crippen molar-refractivity contribution in [2.75, 3.05) is 12.0 Å². The molecule has 1 aliphatic heterocycles. The van der Waals surface area contributed by atoms with E-state index in [1.165, 1.54) is 11.1 Å². The van der Waals surface area contributed by atoms with E-state index in [1.807, 2.05) is 39.0 Å². The zero-order valence-electron chi connectivity index (χ0n) is 19.2. The summed E-state index contributed by atoms with van der Waals surface area (Å²) in [6.45, 7) is 9.92. The first-order chi connectivity index (χ1) is 15.1. The van der Waals surface area contributed by atoms with Gasteiger partial charge in [-0.3, -0.25) is 9.48 Å². The van der Waals surface area contributed by atoms with Gasteiger partial charge in [0.05, 0.1) is 31.2 Å². The van der Waals surface area contributed by atoms with Crippen molar-refractivity contribution >= 4 is 17.6 Å². The van der Waals surface area contributed by atoms with Crippen LogP contribution >= 0.6 is 0 Å². The standard InChI is InChI=1S/C23H27N5O4/c1-14-7-17(9-19(8-14)31-6)11-27-22(30)28(21(29)23(27,4)5)18-10-24-26(12-18)13-20-15(2)25-32-16(20)3/h7-10,12H,11,13H2,1-6H3. The molecule has 2 aromatic heterocycles. The van der Waals surface area contributed by atoms with Crippen LogP contribution in [0.1, 0.15) is 42.0 Å². The van der Waals surface area contributed by atoms with Crippen molar-refractivity contribution in [3.63, 3.8) is 0 Å². The van der Waals surface area contributed by atoms with Crippen LogP contribution in [-0.2, 0) is 17.9 Å². The molecule has 0 bridgehead atoms. The Kier molecular flexibility index (Phi) is 5.28. The van der Waals surface area contributed by atoms with E-state index in [0.717, 1.165) is 22.4 Å². The zero-order valence-corrected chi connectivity index (χ0v) is 19.2. The van der Waals surface area contributed by atoms with Crippen molar-refractivity contribution in [1.29, 1.82) is 0 Å². The zero-order chi connectivity index (χ0) is 23.2. The maximum Gasteiger partial charge on any atom is 0.332 e. The molecule has 3 aromatic rings. The molecular weight excluding hydrogens is 410 g/mol. The predicted molar refractivity (Wildman–Crippen MR) is 118 cm³/mol. The lowest BCUT2D eigenvalue weighted by atomic mass is 10.0. The maximum atomic E-state index is 13.3. The van der Waals surface area contributed by atoms with Gasteiger partial charge in [0.15, 0.2) is 0 Å². The Bertz CT molecular complexity index is 1170. The average Bonchev–Trinajstić information content (AvgIpc) is 3.37. The number of hydrogen-bond donors (Lipinski definition) is 0. The number of urea groups is 1. The lowest BCUT2D eigenvalue weighted by molar-refractivity contribution is -0.123. The van der Waals surface area contributed by atoms with Gasteiger partial charge >= 0.3 is 6.03 Å². The number of methoxy groups -OCH3 is 1. The van der Waals surface area contributed by atoms with Crippen LogP contribution in [0.2, 0.25) is 0 Å². The van der Waals surface area contributed by atoms with Gasteiger partial charge in [-0.2, -0.15) is 5.10 Å². The van der Waals surface area contributed by atoms with E-state index in [9.17, 15) is 9.59 Å². The van der Waals surface area contributed by atoms with Crippen molar-refractivity contribution in [3.05, 3.63) is 58.7 Å². The molecule has 3 amide bonds. The number of nitrogens with zero attached hydrogens (tertiary/aromatic N) is 5. The minimum atomic E-state index is -1.00. The first-order valence-corrected chi connectivity index (χ1v) is 10.4. The van der Waals surface area contributed by atoms with Crippen molar-refractivity contribution in [2.24, 2.45) is 0 Å². The second kappa shape index (κ2) is 7.81. The van der Waals surface area contributed by atoms with E-state index in [4.69, 9.17) is 9.26 Å². The van der Waals surface area contributed by atoms with Gasteiger partial charge in [0.25, 0.3) is 5.91 Å². The molecule has 0 spiro atoms. The molecule has 0 atom stereocenters. The molecule has 1 aliphatic rings. The van der Waals surface area contributed by atoms with Gasteiger partial charge in [0.2, 0.25) is 0 Å². The molecule has 0 radical (unpaired) electrons. The minimum Gasteiger partial charge on any atom is -0.497 e. The minimum absolute atomic E-state index is 0.291. The smallest absolute Gasteiger partial charge is 0.332 e. The van der Waals surface area contributed by atoms with Gasteiger partial charge in [-0.15, -0.1) is 0 Å². The Morgan fingerprint density at radius 3 is 2.50 bits per heavy atom. The monoisotopic (exact) mass is 437 g/mol. The van der Waals surface area contributed by atoms with Crippen LogP contribution in [-0.4, -0.2) is 44.4 Å². The van der Waals surface area contributed by atoms with Crippen molar-refractivity contribution in [1.82, 2.24) is 19.8 Å². The number of carbonyl (C=O) groups is 2. The first-order valence-electron chi connectivity index (χ1n) is 10.4. The third-order valence-electron chi connectivity index (χ3n) is 5.89. The highest BCUT2D eigenvalue weighted by Crippen LogP contribution is 2.34. The number of aryl methyl sites for hydroxylation is 3. The normalized spacial score (nSPS) is 15.7. The van der Waals surface area contributed by atoms with E-state index < -0.39 is 5.54 Å². The quantitative estimate of drug-likeness (QED) is 0.547. The molecule has 32 heavy (non-hydrogen) atoms. The van der Waals surface area contributed by atoms with Crippen LogP contribution in [0.3, 0.4) is 0 Å². The van der Waals surface area contributed by atoms with Crippen LogP contribution in [0.5, 0.6) is 5.75 Å². The molecule has 0 aliphatic carbocycles. The second-order valence-corrected chi connectivity index (χ2v) is 8.63. The van der Waals surface area contributed by atoms with Crippen molar-refractivity contribution in [2.45, 2.75) is 53.2 Å². The van der Waals surface area contributed by atoms with Gasteiger partial charge in [0, 0.05) is 18.3 Å². The molecule has 0 unspecified atom stereocenters. The van der Waals surface area contributed by atoms with Gasteiger partial charge in [-0.1, -0.05) is 11.2 Å². The Hall–Kier alpha value is -3.62. The summed E-state index contributed by atoms with van der Waals surface area (Å²) < 4.78 is 12.2. The highest BCUT2D eigenvalue weighted by Gasteiger charge is 2.52. The lowest BCUT2D eigenvalue weighted by Crippen LogP contribution is -2.43. The molecule has 1 saturated heterocycles. The van der Waals surface area contributed by atoms with E-state index in [2.05, 4.69) is 10.3 Å². The second-order valence-electron chi connectivity index (χ2n) is 8.63. The largest absolute Gasteiger partial charge is 0.497 e. The van der Waals surface area contributed by atoms with Gasteiger partial charge in [0.1, 0.15) is 17.0 Å². The van der Waals surface area contributed by atoms with Gasteiger partial charge in [-0.25, -0.2) is 9.69 Å². The summed E-state index contributed by atoms with van der Waals surface area (Å²) in [6.07, 6.45) is 3.22. The Morgan fingerprint density at radius 1 is 1.09 bits per heavy atom. The van der Waals surface area contributed by atoms with E-state index in [-0.39, 0.29) is 11.9 Å². The molecule has 9 nitrogen and oxygen atoms in total. The fourth-order valence-corrected chi connectivity index (χ4v) is 3.99. The Labute approximate surface area is 186 Å².